The maximum absolute atomic E-state index is 4.04. The first-order valence-corrected chi connectivity index (χ1v) is 6.07. The van der Waals surface area contributed by atoms with Crippen LogP contribution in [0.5, 0.6) is 0 Å². The predicted molar refractivity (Wildman–Crippen MR) is 69.6 cm³/mol. The predicted octanol–water partition coefficient (Wildman–Crippen LogP) is 2.45. The highest BCUT2D eigenvalue weighted by Gasteiger charge is 2.01. The third-order valence-electron chi connectivity index (χ3n) is 2.88. The van der Waals surface area contributed by atoms with Crippen LogP contribution in [0.4, 0.5) is 0 Å². The standard InChI is InChI=1S/C14H19N3/c1-13(7-9-17-10-8-15-12-17)16-11-14-5-3-2-4-6-14/h2-6,8,10,12-13,16H,7,9,11H2,1H3. The van der Waals surface area contributed by atoms with E-state index >= 15 is 0 Å². The van der Waals surface area contributed by atoms with E-state index in [1.165, 1.54) is 5.56 Å². The van der Waals surface area contributed by atoms with E-state index in [1.54, 1.807) is 0 Å². The fourth-order valence-electron chi connectivity index (χ4n) is 1.75. The summed E-state index contributed by atoms with van der Waals surface area (Å²) in [6.07, 6.45) is 6.80. The maximum atomic E-state index is 4.04. The van der Waals surface area contributed by atoms with Gasteiger partial charge in [-0.3, -0.25) is 0 Å². The van der Waals surface area contributed by atoms with Gasteiger partial charge in [-0.25, -0.2) is 4.98 Å². The third kappa shape index (κ3) is 4.04. The molecule has 0 aliphatic rings. The van der Waals surface area contributed by atoms with Crippen LogP contribution in [0.15, 0.2) is 49.1 Å². The smallest absolute Gasteiger partial charge is 0.0945 e. The van der Waals surface area contributed by atoms with Crippen LogP contribution in [-0.2, 0) is 13.1 Å². The van der Waals surface area contributed by atoms with Crippen LogP contribution >= 0.6 is 0 Å². The molecule has 0 radical (unpaired) electrons. The van der Waals surface area contributed by atoms with Gasteiger partial charge in [0, 0.05) is 31.5 Å². The summed E-state index contributed by atoms with van der Waals surface area (Å²) < 4.78 is 2.11. The molecule has 1 atom stereocenters. The zero-order valence-electron chi connectivity index (χ0n) is 10.2. The van der Waals surface area contributed by atoms with Crippen LogP contribution in [0.1, 0.15) is 18.9 Å². The third-order valence-corrected chi connectivity index (χ3v) is 2.88. The average Bonchev–Trinajstić information content (AvgIpc) is 2.88. The molecular weight excluding hydrogens is 210 g/mol. The fraction of sp³-hybridized carbons (Fsp3) is 0.357. The summed E-state index contributed by atoms with van der Waals surface area (Å²) >= 11 is 0. The van der Waals surface area contributed by atoms with Crippen LogP contribution in [0.3, 0.4) is 0 Å². The van der Waals surface area contributed by atoms with Gasteiger partial charge in [0.05, 0.1) is 6.33 Å². The fourth-order valence-corrected chi connectivity index (χ4v) is 1.75. The number of nitrogens with one attached hydrogen (secondary N) is 1. The molecule has 0 aliphatic heterocycles. The monoisotopic (exact) mass is 229 g/mol. The molecule has 17 heavy (non-hydrogen) atoms. The summed E-state index contributed by atoms with van der Waals surface area (Å²) in [5.74, 6) is 0. The van der Waals surface area contributed by atoms with Gasteiger partial charge in [0.1, 0.15) is 0 Å². The molecule has 0 saturated heterocycles. The number of hydrogen-bond acceptors (Lipinski definition) is 2. The Morgan fingerprint density at radius 2 is 2.12 bits per heavy atom. The van der Waals surface area contributed by atoms with Crippen molar-refractivity contribution in [2.45, 2.75) is 32.5 Å². The van der Waals surface area contributed by atoms with Gasteiger partial charge in [-0.15, -0.1) is 0 Å². The maximum Gasteiger partial charge on any atom is 0.0945 e. The lowest BCUT2D eigenvalue weighted by Gasteiger charge is -2.14. The van der Waals surface area contributed by atoms with Crippen molar-refractivity contribution in [1.29, 1.82) is 0 Å². The van der Waals surface area contributed by atoms with Crippen molar-refractivity contribution in [3.8, 4) is 0 Å². The second-order valence-electron chi connectivity index (χ2n) is 4.36. The van der Waals surface area contributed by atoms with Gasteiger partial charge in [0.2, 0.25) is 0 Å². The SMILES string of the molecule is CC(CCn1ccnc1)NCc1ccccc1. The van der Waals surface area contributed by atoms with Crippen molar-refractivity contribution in [1.82, 2.24) is 14.9 Å². The second-order valence-corrected chi connectivity index (χ2v) is 4.36. The zero-order valence-corrected chi connectivity index (χ0v) is 10.2. The first-order chi connectivity index (χ1) is 8.34. The summed E-state index contributed by atoms with van der Waals surface area (Å²) in [7, 11) is 0. The highest BCUT2D eigenvalue weighted by molar-refractivity contribution is 5.14. The lowest BCUT2D eigenvalue weighted by Crippen LogP contribution is -2.26. The van der Waals surface area contributed by atoms with Gasteiger partial charge in [0.25, 0.3) is 0 Å². The van der Waals surface area contributed by atoms with E-state index in [4.69, 9.17) is 0 Å². The number of aromatic nitrogens is 2. The van der Waals surface area contributed by atoms with E-state index in [9.17, 15) is 0 Å². The first-order valence-electron chi connectivity index (χ1n) is 6.07. The van der Waals surface area contributed by atoms with Crippen LogP contribution < -0.4 is 5.32 Å². The molecule has 0 fully saturated rings. The molecular formula is C14H19N3. The van der Waals surface area contributed by atoms with Crippen molar-refractivity contribution in [2.75, 3.05) is 0 Å². The highest BCUT2D eigenvalue weighted by Crippen LogP contribution is 2.01. The molecule has 3 nitrogen and oxygen atoms in total. The molecule has 0 spiro atoms. The Morgan fingerprint density at radius 1 is 1.29 bits per heavy atom. The van der Waals surface area contributed by atoms with E-state index in [2.05, 4.69) is 46.1 Å². The largest absolute Gasteiger partial charge is 0.337 e. The second kappa shape index (κ2) is 6.21. The Labute approximate surface area is 103 Å². The van der Waals surface area contributed by atoms with E-state index in [-0.39, 0.29) is 0 Å². The molecule has 0 bridgehead atoms. The van der Waals surface area contributed by atoms with Crippen LogP contribution in [-0.4, -0.2) is 15.6 Å². The van der Waals surface area contributed by atoms with Crippen molar-refractivity contribution in [2.24, 2.45) is 0 Å². The van der Waals surface area contributed by atoms with Gasteiger partial charge in [-0.1, -0.05) is 30.3 Å². The topological polar surface area (TPSA) is 29.9 Å². The summed E-state index contributed by atoms with van der Waals surface area (Å²) in [6.45, 7) is 4.18. The Morgan fingerprint density at radius 3 is 2.82 bits per heavy atom. The molecule has 2 rings (SSSR count). The number of nitrogens with zero attached hydrogens (tertiary/aromatic N) is 2. The minimum absolute atomic E-state index is 0.512. The van der Waals surface area contributed by atoms with Crippen molar-refractivity contribution < 1.29 is 0 Å². The molecule has 0 saturated carbocycles. The molecule has 1 aromatic heterocycles. The lowest BCUT2D eigenvalue weighted by molar-refractivity contribution is 0.475. The number of aryl methyl sites for hydroxylation is 1. The molecule has 1 N–H and O–H groups in total. The van der Waals surface area contributed by atoms with Crippen molar-refractivity contribution >= 4 is 0 Å². The molecule has 3 heteroatoms. The molecule has 0 amide bonds. The minimum atomic E-state index is 0.512. The van der Waals surface area contributed by atoms with Gasteiger partial charge in [0.15, 0.2) is 0 Å². The quantitative estimate of drug-likeness (QED) is 0.824. The summed E-state index contributed by atoms with van der Waals surface area (Å²) in [5, 5.41) is 3.53. The average molecular weight is 229 g/mol. The van der Waals surface area contributed by atoms with Gasteiger partial charge < -0.3 is 9.88 Å². The van der Waals surface area contributed by atoms with E-state index < -0.39 is 0 Å². The molecule has 90 valence electrons. The van der Waals surface area contributed by atoms with Crippen LogP contribution in [0.25, 0.3) is 0 Å². The normalized spacial score (nSPS) is 12.5. The van der Waals surface area contributed by atoms with Crippen molar-refractivity contribution in [3.05, 3.63) is 54.6 Å². The molecule has 2 aromatic rings. The van der Waals surface area contributed by atoms with E-state index in [0.717, 1.165) is 19.5 Å². The summed E-state index contributed by atoms with van der Waals surface area (Å²) in [5.41, 5.74) is 1.34. The Balaban J connectivity index is 1.69. The zero-order chi connectivity index (χ0) is 11.9. The summed E-state index contributed by atoms with van der Waals surface area (Å²) in [4.78, 5) is 4.04. The molecule has 1 unspecified atom stereocenters. The minimum Gasteiger partial charge on any atom is -0.337 e. The molecule has 1 aromatic carbocycles. The van der Waals surface area contributed by atoms with E-state index in [1.807, 2.05) is 24.8 Å². The number of imidazole rings is 1. The van der Waals surface area contributed by atoms with Crippen molar-refractivity contribution in [3.63, 3.8) is 0 Å². The van der Waals surface area contributed by atoms with Gasteiger partial charge in [-0.2, -0.15) is 0 Å². The highest BCUT2D eigenvalue weighted by atomic mass is 15.0. The Bertz CT molecular complexity index is 408. The van der Waals surface area contributed by atoms with Gasteiger partial charge >= 0.3 is 0 Å². The molecule has 0 aliphatic carbocycles. The first kappa shape index (κ1) is 11.9. The number of hydrogen-bond donors (Lipinski definition) is 1. The van der Waals surface area contributed by atoms with Gasteiger partial charge in [-0.05, 0) is 18.9 Å². The van der Waals surface area contributed by atoms with Crippen LogP contribution in [0, 0.1) is 0 Å². The number of benzene rings is 1. The summed E-state index contributed by atoms with van der Waals surface area (Å²) in [6, 6.07) is 11.0. The van der Waals surface area contributed by atoms with Crippen LogP contribution in [0.2, 0.25) is 0 Å². The van der Waals surface area contributed by atoms with E-state index in [0.29, 0.717) is 6.04 Å². The molecule has 1 heterocycles. The Hall–Kier alpha value is -1.61. The number of rotatable bonds is 6. The lowest BCUT2D eigenvalue weighted by atomic mass is 10.2. The Kier molecular flexibility index (Phi) is 4.33.